The summed E-state index contributed by atoms with van der Waals surface area (Å²) in [6.45, 7) is 4.11. The summed E-state index contributed by atoms with van der Waals surface area (Å²) < 4.78 is 17.3. The first-order valence-corrected chi connectivity index (χ1v) is 11.0. The summed E-state index contributed by atoms with van der Waals surface area (Å²) >= 11 is 0. The number of carbonyl (C=O) groups is 1. The molecule has 3 aromatic heterocycles. The van der Waals surface area contributed by atoms with Crippen LogP contribution in [-0.2, 0) is 11.2 Å². The maximum Gasteiger partial charge on any atom is 0.259 e. The third kappa shape index (κ3) is 4.73. The number of furan rings is 1. The average molecular weight is 444 g/mol. The van der Waals surface area contributed by atoms with Crippen molar-refractivity contribution >= 4 is 16.9 Å². The van der Waals surface area contributed by atoms with Gasteiger partial charge < -0.3 is 18.8 Å². The molecule has 4 aromatic rings. The Labute approximate surface area is 192 Å². The molecule has 0 aliphatic carbocycles. The summed E-state index contributed by atoms with van der Waals surface area (Å²) in [4.78, 5) is 23.9. The molecule has 1 fully saturated rings. The monoisotopic (exact) mass is 443 g/mol. The molecule has 7 heteroatoms. The zero-order valence-electron chi connectivity index (χ0n) is 18.4. The topological polar surface area (TPSA) is 77.7 Å². The zero-order valence-corrected chi connectivity index (χ0v) is 18.4. The van der Waals surface area contributed by atoms with Gasteiger partial charge in [0.15, 0.2) is 0 Å². The Morgan fingerprint density at radius 1 is 1.15 bits per heavy atom. The minimum absolute atomic E-state index is 0.116. The number of hydrogen-bond donors (Lipinski definition) is 0. The van der Waals surface area contributed by atoms with Crippen molar-refractivity contribution in [3.8, 4) is 11.6 Å². The Bertz CT molecular complexity index is 1250. The van der Waals surface area contributed by atoms with Crippen LogP contribution >= 0.6 is 0 Å². The molecular formula is C26H25N3O4. The van der Waals surface area contributed by atoms with Crippen LogP contribution in [0.5, 0.6) is 11.6 Å². The number of nitrogens with zero attached hydrogens (tertiary/aromatic N) is 3. The highest BCUT2D eigenvalue weighted by Crippen LogP contribution is 2.26. The summed E-state index contributed by atoms with van der Waals surface area (Å²) in [6, 6.07) is 15.2. The number of aromatic nitrogens is 2. The normalized spacial score (nSPS) is 16.5. The molecule has 0 unspecified atom stereocenters. The second-order valence-corrected chi connectivity index (χ2v) is 8.24. The lowest BCUT2D eigenvalue weighted by Crippen LogP contribution is -2.36. The number of benzene rings is 1. The van der Waals surface area contributed by atoms with Gasteiger partial charge in [0.1, 0.15) is 16.9 Å². The first kappa shape index (κ1) is 21.2. The number of rotatable bonds is 5. The standard InChI is InChI=1S/C26H25N3O4/c1-18-7-8-21(15-28-18)33-25-23(5-3-10-27-25)26(30)29-11-13-31-17-19(16-29)14-20-4-2-6-24-22(20)9-12-32-24/h2-10,12,15,19H,11,13-14,16-17H2,1H3/t19-/m1/s1. The van der Waals surface area contributed by atoms with Crippen LogP contribution in [0.25, 0.3) is 11.0 Å². The van der Waals surface area contributed by atoms with Crippen LogP contribution in [-0.4, -0.2) is 47.1 Å². The molecule has 1 amide bonds. The third-order valence-electron chi connectivity index (χ3n) is 5.82. The van der Waals surface area contributed by atoms with Crippen LogP contribution in [0, 0.1) is 12.8 Å². The lowest BCUT2D eigenvalue weighted by Gasteiger charge is -2.24. The van der Waals surface area contributed by atoms with Gasteiger partial charge in [-0.3, -0.25) is 9.78 Å². The second-order valence-electron chi connectivity index (χ2n) is 8.24. The van der Waals surface area contributed by atoms with Crippen LogP contribution in [0.3, 0.4) is 0 Å². The second kappa shape index (κ2) is 9.42. The molecule has 0 saturated carbocycles. The van der Waals surface area contributed by atoms with Crippen molar-refractivity contribution in [2.24, 2.45) is 5.92 Å². The highest BCUT2D eigenvalue weighted by Gasteiger charge is 2.26. The van der Waals surface area contributed by atoms with E-state index in [1.165, 1.54) is 5.56 Å². The maximum absolute atomic E-state index is 13.5. The molecule has 0 bridgehead atoms. The number of ether oxygens (including phenoxy) is 2. The van der Waals surface area contributed by atoms with Gasteiger partial charge in [0.05, 0.1) is 25.7 Å². The highest BCUT2D eigenvalue weighted by atomic mass is 16.5. The number of amides is 1. The van der Waals surface area contributed by atoms with E-state index in [1.54, 1.807) is 30.8 Å². The molecule has 33 heavy (non-hydrogen) atoms. The summed E-state index contributed by atoms with van der Waals surface area (Å²) in [5, 5.41) is 1.11. The van der Waals surface area contributed by atoms with E-state index < -0.39 is 0 Å². The van der Waals surface area contributed by atoms with Gasteiger partial charge >= 0.3 is 0 Å². The lowest BCUT2D eigenvalue weighted by molar-refractivity contribution is 0.0734. The van der Waals surface area contributed by atoms with Crippen LogP contribution in [0.15, 0.2) is 71.6 Å². The molecule has 1 aromatic carbocycles. The number of hydrogen-bond acceptors (Lipinski definition) is 6. The van der Waals surface area contributed by atoms with Crippen molar-refractivity contribution < 1.29 is 18.7 Å². The zero-order chi connectivity index (χ0) is 22.6. The molecule has 1 saturated heterocycles. The van der Waals surface area contributed by atoms with Gasteiger partial charge in [-0.15, -0.1) is 0 Å². The van der Waals surface area contributed by atoms with Crippen molar-refractivity contribution in [1.82, 2.24) is 14.9 Å². The SMILES string of the molecule is Cc1ccc(Oc2ncccc2C(=O)N2CCOC[C@H](Cc3cccc4occc34)C2)cn1. The molecule has 0 N–H and O–H groups in total. The Morgan fingerprint density at radius 2 is 2.09 bits per heavy atom. The van der Waals surface area contributed by atoms with Gasteiger partial charge in [0.2, 0.25) is 5.88 Å². The largest absolute Gasteiger partial charge is 0.464 e. The summed E-state index contributed by atoms with van der Waals surface area (Å²) in [5.41, 5.74) is 3.39. The molecular weight excluding hydrogens is 418 g/mol. The molecule has 168 valence electrons. The van der Waals surface area contributed by atoms with Gasteiger partial charge in [0, 0.05) is 36.3 Å². The van der Waals surface area contributed by atoms with E-state index >= 15 is 0 Å². The fourth-order valence-corrected chi connectivity index (χ4v) is 4.17. The average Bonchev–Trinajstić information content (AvgIpc) is 3.20. The van der Waals surface area contributed by atoms with E-state index in [2.05, 4.69) is 16.0 Å². The summed E-state index contributed by atoms with van der Waals surface area (Å²) in [6.07, 6.45) is 5.76. The van der Waals surface area contributed by atoms with Crippen molar-refractivity contribution in [2.45, 2.75) is 13.3 Å². The molecule has 1 atom stereocenters. The van der Waals surface area contributed by atoms with Crippen molar-refractivity contribution in [2.75, 3.05) is 26.3 Å². The van der Waals surface area contributed by atoms with Crippen LogP contribution < -0.4 is 4.74 Å². The Balaban J connectivity index is 1.35. The van der Waals surface area contributed by atoms with Gasteiger partial charge in [-0.05, 0) is 55.3 Å². The molecule has 0 spiro atoms. The quantitative estimate of drug-likeness (QED) is 0.447. The fourth-order valence-electron chi connectivity index (χ4n) is 4.17. The van der Waals surface area contributed by atoms with E-state index in [4.69, 9.17) is 13.9 Å². The van der Waals surface area contributed by atoms with Gasteiger partial charge in [0.25, 0.3) is 5.91 Å². The molecule has 0 radical (unpaired) electrons. The van der Waals surface area contributed by atoms with E-state index in [0.717, 1.165) is 23.1 Å². The van der Waals surface area contributed by atoms with E-state index in [-0.39, 0.29) is 17.7 Å². The Hall–Kier alpha value is -3.71. The van der Waals surface area contributed by atoms with Crippen LogP contribution in [0.2, 0.25) is 0 Å². The van der Waals surface area contributed by atoms with Crippen molar-refractivity contribution in [3.63, 3.8) is 0 Å². The summed E-state index contributed by atoms with van der Waals surface area (Å²) in [7, 11) is 0. The first-order chi connectivity index (χ1) is 16.2. The van der Waals surface area contributed by atoms with Gasteiger partial charge in [-0.2, -0.15) is 0 Å². The molecule has 1 aliphatic rings. The number of aryl methyl sites for hydroxylation is 1. The lowest BCUT2D eigenvalue weighted by atomic mass is 9.97. The molecule has 7 nitrogen and oxygen atoms in total. The van der Waals surface area contributed by atoms with Crippen LogP contribution in [0.1, 0.15) is 21.6 Å². The minimum atomic E-state index is -0.116. The fraction of sp³-hybridized carbons (Fsp3) is 0.269. The van der Waals surface area contributed by atoms with Crippen molar-refractivity contribution in [3.05, 3.63) is 84.0 Å². The number of pyridine rings is 2. The summed E-state index contributed by atoms with van der Waals surface area (Å²) in [5.74, 6) is 0.867. The smallest absolute Gasteiger partial charge is 0.259 e. The van der Waals surface area contributed by atoms with Crippen LogP contribution in [0.4, 0.5) is 0 Å². The Morgan fingerprint density at radius 3 is 2.97 bits per heavy atom. The number of fused-ring (bicyclic) bond motifs is 1. The van der Waals surface area contributed by atoms with E-state index in [0.29, 0.717) is 37.6 Å². The molecule has 4 heterocycles. The Kier molecular flexibility index (Phi) is 6.04. The molecule has 1 aliphatic heterocycles. The van der Waals surface area contributed by atoms with Crippen molar-refractivity contribution in [1.29, 1.82) is 0 Å². The minimum Gasteiger partial charge on any atom is -0.464 e. The van der Waals surface area contributed by atoms with E-state index in [1.807, 2.05) is 42.2 Å². The van der Waals surface area contributed by atoms with E-state index in [9.17, 15) is 4.79 Å². The van der Waals surface area contributed by atoms with Gasteiger partial charge in [-0.1, -0.05) is 12.1 Å². The van der Waals surface area contributed by atoms with Gasteiger partial charge in [-0.25, -0.2) is 4.98 Å². The highest BCUT2D eigenvalue weighted by molar-refractivity contribution is 5.96. The first-order valence-electron chi connectivity index (χ1n) is 11.0. The third-order valence-corrected chi connectivity index (χ3v) is 5.82. The number of carbonyl (C=O) groups excluding carboxylic acids is 1. The predicted molar refractivity (Wildman–Crippen MR) is 123 cm³/mol. The predicted octanol–water partition coefficient (Wildman–Crippen LogP) is 4.65. The maximum atomic E-state index is 13.5. The molecule has 5 rings (SSSR count).